The highest BCUT2D eigenvalue weighted by Gasteiger charge is 2.04. The predicted octanol–water partition coefficient (Wildman–Crippen LogP) is 2.40. The minimum atomic E-state index is 0.515. The molecule has 0 aliphatic carbocycles. The molecule has 0 aliphatic heterocycles. The van der Waals surface area contributed by atoms with E-state index in [1.165, 1.54) is 0 Å². The van der Waals surface area contributed by atoms with Gasteiger partial charge in [-0.15, -0.1) is 0 Å². The minimum absolute atomic E-state index is 0.515. The number of hydrogen-bond acceptors (Lipinski definition) is 2. The first kappa shape index (κ1) is 8.79. The summed E-state index contributed by atoms with van der Waals surface area (Å²) in [5, 5.41) is 13.5. The standard InChI is InChI=1S/C10H6ClN3/c11-9-2-3-10(8(6-9)7-12)14-5-1-4-13-14/h1-6H. The van der Waals surface area contributed by atoms with Gasteiger partial charge in [-0.1, -0.05) is 11.6 Å². The molecule has 2 aromatic rings. The molecule has 0 fully saturated rings. The van der Waals surface area contributed by atoms with Crippen LogP contribution < -0.4 is 0 Å². The molecule has 3 nitrogen and oxygen atoms in total. The van der Waals surface area contributed by atoms with Crippen molar-refractivity contribution in [3.8, 4) is 11.8 Å². The second-order valence-corrected chi connectivity index (χ2v) is 3.16. The van der Waals surface area contributed by atoms with E-state index in [0.29, 0.717) is 10.6 Å². The Labute approximate surface area is 86.2 Å². The lowest BCUT2D eigenvalue weighted by Gasteiger charge is -2.03. The Morgan fingerprint density at radius 2 is 2.29 bits per heavy atom. The fourth-order valence-corrected chi connectivity index (χ4v) is 1.38. The molecule has 1 heterocycles. The lowest BCUT2D eigenvalue weighted by molar-refractivity contribution is 0.877. The average molecular weight is 204 g/mol. The molecule has 0 spiro atoms. The fourth-order valence-electron chi connectivity index (χ4n) is 1.21. The van der Waals surface area contributed by atoms with Gasteiger partial charge in [0.05, 0.1) is 11.3 Å². The maximum absolute atomic E-state index is 8.89. The topological polar surface area (TPSA) is 41.6 Å². The number of benzene rings is 1. The zero-order valence-electron chi connectivity index (χ0n) is 7.18. The van der Waals surface area contributed by atoms with Gasteiger partial charge in [-0.05, 0) is 24.3 Å². The molecule has 0 saturated carbocycles. The quantitative estimate of drug-likeness (QED) is 0.714. The third-order valence-corrected chi connectivity index (χ3v) is 2.07. The van der Waals surface area contributed by atoms with E-state index in [9.17, 15) is 0 Å². The molecule has 4 heteroatoms. The van der Waals surface area contributed by atoms with Crippen molar-refractivity contribution in [2.45, 2.75) is 0 Å². The van der Waals surface area contributed by atoms with Gasteiger partial charge in [-0.3, -0.25) is 0 Å². The first-order valence-corrected chi connectivity index (χ1v) is 4.39. The van der Waals surface area contributed by atoms with Gasteiger partial charge >= 0.3 is 0 Å². The van der Waals surface area contributed by atoms with Crippen molar-refractivity contribution in [3.63, 3.8) is 0 Å². The number of rotatable bonds is 1. The van der Waals surface area contributed by atoms with E-state index in [0.717, 1.165) is 5.69 Å². The highest BCUT2D eigenvalue weighted by atomic mass is 35.5. The average Bonchev–Trinajstić information content (AvgIpc) is 2.70. The monoisotopic (exact) mass is 203 g/mol. The summed E-state index contributed by atoms with van der Waals surface area (Å²) in [5.74, 6) is 0. The fraction of sp³-hybridized carbons (Fsp3) is 0. The number of aromatic nitrogens is 2. The Morgan fingerprint density at radius 3 is 2.93 bits per heavy atom. The molecule has 0 bridgehead atoms. The third-order valence-electron chi connectivity index (χ3n) is 1.83. The minimum Gasteiger partial charge on any atom is -0.240 e. The second-order valence-electron chi connectivity index (χ2n) is 2.72. The van der Waals surface area contributed by atoms with Crippen LogP contribution in [0.3, 0.4) is 0 Å². The highest BCUT2D eigenvalue weighted by molar-refractivity contribution is 6.30. The van der Waals surface area contributed by atoms with E-state index in [2.05, 4.69) is 11.2 Å². The molecular formula is C10H6ClN3. The summed E-state index contributed by atoms with van der Waals surface area (Å²) in [6, 6.07) is 9.01. The van der Waals surface area contributed by atoms with Gasteiger partial charge in [0.15, 0.2) is 0 Å². The number of hydrogen-bond donors (Lipinski definition) is 0. The Morgan fingerprint density at radius 1 is 1.43 bits per heavy atom. The van der Waals surface area contributed by atoms with E-state index < -0.39 is 0 Å². The van der Waals surface area contributed by atoms with Crippen molar-refractivity contribution in [1.29, 1.82) is 5.26 Å². The molecule has 0 N–H and O–H groups in total. The summed E-state index contributed by atoms with van der Waals surface area (Å²) in [4.78, 5) is 0. The Kier molecular flexibility index (Phi) is 2.21. The van der Waals surface area contributed by atoms with Gasteiger partial charge in [-0.2, -0.15) is 10.4 Å². The van der Waals surface area contributed by atoms with Crippen molar-refractivity contribution in [1.82, 2.24) is 9.78 Å². The van der Waals surface area contributed by atoms with Crippen LogP contribution in [0.25, 0.3) is 5.69 Å². The Bertz CT molecular complexity index is 483. The molecule has 1 aromatic carbocycles. The maximum atomic E-state index is 8.89. The van der Waals surface area contributed by atoms with Crippen LogP contribution in [0.15, 0.2) is 36.7 Å². The molecule has 14 heavy (non-hydrogen) atoms. The molecule has 68 valence electrons. The molecule has 0 amide bonds. The van der Waals surface area contributed by atoms with Crippen LogP contribution in [0.4, 0.5) is 0 Å². The maximum Gasteiger partial charge on any atom is 0.101 e. The molecule has 0 unspecified atom stereocenters. The van der Waals surface area contributed by atoms with E-state index >= 15 is 0 Å². The summed E-state index contributed by atoms with van der Waals surface area (Å²) >= 11 is 5.78. The summed E-state index contributed by atoms with van der Waals surface area (Å²) in [7, 11) is 0. The summed E-state index contributed by atoms with van der Waals surface area (Å²) < 4.78 is 1.63. The van der Waals surface area contributed by atoms with Crippen molar-refractivity contribution >= 4 is 11.6 Å². The SMILES string of the molecule is N#Cc1cc(Cl)ccc1-n1cccn1. The van der Waals surface area contributed by atoms with Gasteiger partial charge in [0.2, 0.25) is 0 Å². The highest BCUT2D eigenvalue weighted by Crippen LogP contribution is 2.18. The van der Waals surface area contributed by atoms with Gasteiger partial charge in [-0.25, -0.2) is 4.68 Å². The van der Waals surface area contributed by atoms with Crippen LogP contribution in [-0.2, 0) is 0 Å². The predicted molar refractivity (Wildman–Crippen MR) is 53.3 cm³/mol. The lowest BCUT2D eigenvalue weighted by Crippen LogP contribution is -1.97. The van der Waals surface area contributed by atoms with Gasteiger partial charge in [0.1, 0.15) is 6.07 Å². The van der Waals surface area contributed by atoms with Crippen molar-refractivity contribution in [2.75, 3.05) is 0 Å². The first-order chi connectivity index (χ1) is 6.81. The lowest BCUT2D eigenvalue weighted by atomic mass is 10.2. The Balaban J connectivity index is 2.60. The Hall–Kier alpha value is -1.79. The van der Waals surface area contributed by atoms with Crippen LogP contribution in [-0.4, -0.2) is 9.78 Å². The van der Waals surface area contributed by atoms with Crippen molar-refractivity contribution in [2.24, 2.45) is 0 Å². The van der Waals surface area contributed by atoms with Gasteiger partial charge < -0.3 is 0 Å². The first-order valence-electron chi connectivity index (χ1n) is 4.01. The molecule has 0 atom stereocenters. The zero-order chi connectivity index (χ0) is 9.97. The van der Waals surface area contributed by atoms with Crippen molar-refractivity contribution in [3.05, 3.63) is 47.2 Å². The normalized spacial score (nSPS) is 9.71. The summed E-state index contributed by atoms with van der Waals surface area (Å²) in [5.41, 5.74) is 1.25. The largest absolute Gasteiger partial charge is 0.240 e. The number of nitriles is 1. The molecule has 1 aromatic heterocycles. The molecule has 0 radical (unpaired) electrons. The van der Waals surface area contributed by atoms with Gasteiger partial charge in [0, 0.05) is 17.4 Å². The number of halogens is 1. The van der Waals surface area contributed by atoms with Gasteiger partial charge in [0.25, 0.3) is 0 Å². The van der Waals surface area contributed by atoms with E-state index in [-0.39, 0.29) is 0 Å². The van der Waals surface area contributed by atoms with Crippen molar-refractivity contribution < 1.29 is 0 Å². The van der Waals surface area contributed by atoms with E-state index in [1.54, 1.807) is 41.3 Å². The van der Waals surface area contributed by atoms with Crippen LogP contribution in [0, 0.1) is 11.3 Å². The molecule has 0 saturated heterocycles. The van der Waals surface area contributed by atoms with Crippen LogP contribution >= 0.6 is 11.6 Å². The van der Waals surface area contributed by atoms with Crippen LogP contribution in [0.5, 0.6) is 0 Å². The second kappa shape index (κ2) is 3.52. The molecular weight excluding hydrogens is 198 g/mol. The van der Waals surface area contributed by atoms with Crippen LogP contribution in [0.2, 0.25) is 5.02 Å². The third kappa shape index (κ3) is 1.48. The van der Waals surface area contributed by atoms with E-state index in [1.807, 2.05) is 0 Å². The zero-order valence-corrected chi connectivity index (χ0v) is 7.94. The van der Waals surface area contributed by atoms with Crippen LogP contribution in [0.1, 0.15) is 5.56 Å². The molecule has 0 aliphatic rings. The number of nitrogens with zero attached hydrogens (tertiary/aromatic N) is 3. The summed E-state index contributed by atoms with van der Waals surface area (Å²) in [6.07, 6.45) is 3.44. The molecule has 2 rings (SSSR count). The summed E-state index contributed by atoms with van der Waals surface area (Å²) in [6.45, 7) is 0. The van der Waals surface area contributed by atoms with E-state index in [4.69, 9.17) is 16.9 Å². The smallest absolute Gasteiger partial charge is 0.101 e.